The maximum Gasteiger partial charge on any atom is 0.419 e. The fourth-order valence-corrected chi connectivity index (χ4v) is 2.42. The van der Waals surface area contributed by atoms with Crippen molar-refractivity contribution in [3.8, 4) is 10.4 Å². The maximum atomic E-state index is 13.4. The van der Waals surface area contributed by atoms with Crippen molar-refractivity contribution in [3.05, 3.63) is 46.6 Å². The molecule has 0 saturated carbocycles. The smallest absolute Gasteiger partial charge is 0.326 e. The Hall–Kier alpha value is -1.40. The van der Waals surface area contributed by atoms with Gasteiger partial charge in [0.15, 0.2) is 0 Å². The van der Waals surface area contributed by atoms with E-state index in [4.69, 9.17) is 5.73 Å². The van der Waals surface area contributed by atoms with Crippen molar-refractivity contribution in [2.45, 2.75) is 12.7 Å². The lowest BCUT2D eigenvalue weighted by molar-refractivity contribution is -0.139. The lowest BCUT2D eigenvalue weighted by Crippen LogP contribution is -2.07. The van der Waals surface area contributed by atoms with Crippen molar-refractivity contribution < 1.29 is 17.6 Å². The molecule has 1 heterocycles. The van der Waals surface area contributed by atoms with E-state index in [0.717, 1.165) is 17.0 Å². The van der Waals surface area contributed by atoms with E-state index in [-0.39, 0.29) is 0 Å². The summed E-state index contributed by atoms with van der Waals surface area (Å²) in [6, 6.07) is 6.41. The Morgan fingerprint density at radius 2 is 1.83 bits per heavy atom. The van der Waals surface area contributed by atoms with E-state index < -0.39 is 17.6 Å². The van der Waals surface area contributed by atoms with Gasteiger partial charge in [-0.1, -0.05) is 6.07 Å². The summed E-state index contributed by atoms with van der Waals surface area (Å²) < 4.78 is 50.5. The molecule has 0 saturated heterocycles. The number of alkyl halides is 3. The van der Waals surface area contributed by atoms with Gasteiger partial charge in [-0.2, -0.15) is 13.2 Å². The van der Waals surface area contributed by atoms with Crippen molar-refractivity contribution in [2.75, 3.05) is 0 Å². The first-order valence-corrected chi connectivity index (χ1v) is 5.89. The molecule has 0 atom stereocenters. The molecule has 1 nitrogen and oxygen atoms in total. The van der Waals surface area contributed by atoms with Gasteiger partial charge in [0.2, 0.25) is 0 Å². The second-order valence-electron chi connectivity index (χ2n) is 3.66. The van der Waals surface area contributed by atoms with Crippen LogP contribution in [0.1, 0.15) is 10.4 Å². The molecular formula is C12H9F4NS. The number of nitrogens with two attached hydrogens (primary N) is 1. The van der Waals surface area contributed by atoms with Gasteiger partial charge in [-0.3, -0.25) is 0 Å². The van der Waals surface area contributed by atoms with Crippen molar-refractivity contribution in [1.29, 1.82) is 0 Å². The van der Waals surface area contributed by atoms with Crippen molar-refractivity contribution in [3.63, 3.8) is 0 Å². The molecule has 0 aliphatic heterocycles. The topological polar surface area (TPSA) is 26.0 Å². The van der Waals surface area contributed by atoms with Crippen LogP contribution in [-0.2, 0) is 12.7 Å². The van der Waals surface area contributed by atoms with Crippen LogP contribution in [0, 0.1) is 5.82 Å². The molecule has 0 spiro atoms. The number of benzene rings is 1. The monoisotopic (exact) mass is 275 g/mol. The number of halogens is 4. The molecule has 0 radical (unpaired) electrons. The van der Waals surface area contributed by atoms with Gasteiger partial charge in [0.1, 0.15) is 5.82 Å². The summed E-state index contributed by atoms with van der Waals surface area (Å²) >= 11 is 1.34. The SMILES string of the molecule is NCc1ccc(-c2ccc(C(F)(F)F)c(F)c2)s1. The minimum Gasteiger partial charge on any atom is -0.326 e. The van der Waals surface area contributed by atoms with E-state index in [1.807, 2.05) is 0 Å². The largest absolute Gasteiger partial charge is 0.419 e. The molecule has 0 unspecified atom stereocenters. The fourth-order valence-electron chi connectivity index (χ4n) is 1.54. The summed E-state index contributed by atoms with van der Waals surface area (Å²) in [6.07, 6.45) is -4.67. The highest BCUT2D eigenvalue weighted by molar-refractivity contribution is 7.15. The predicted molar refractivity (Wildman–Crippen MR) is 62.6 cm³/mol. The Bertz CT molecular complexity index is 559. The number of rotatable bonds is 2. The quantitative estimate of drug-likeness (QED) is 0.823. The first-order valence-electron chi connectivity index (χ1n) is 5.07. The van der Waals surface area contributed by atoms with Gasteiger partial charge >= 0.3 is 6.18 Å². The predicted octanol–water partition coefficient (Wildman–Crippen LogP) is 4.03. The van der Waals surface area contributed by atoms with E-state index in [0.29, 0.717) is 17.0 Å². The summed E-state index contributed by atoms with van der Waals surface area (Å²) in [4.78, 5) is 1.59. The first-order chi connectivity index (χ1) is 8.41. The highest BCUT2D eigenvalue weighted by Gasteiger charge is 2.33. The third-order valence-corrected chi connectivity index (χ3v) is 3.58. The van der Waals surface area contributed by atoms with E-state index >= 15 is 0 Å². The first kappa shape index (κ1) is 13.0. The second kappa shape index (κ2) is 4.70. The molecule has 0 amide bonds. The van der Waals surface area contributed by atoms with Gasteiger partial charge in [0.25, 0.3) is 0 Å². The lowest BCUT2D eigenvalue weighted by atomic mass is 10.1. The minimum absolute atomic E-state index is 0.355. The highest BCUT2D eigenvalue weighted by Crippen LogP contribution is 2.35. The summed E-state index contributed by atoms with van der Waals surface area (Å²) in [5.41, 5.74) is 4.61. The minimum atomic E-state index is -4.67. The Labute approximate surface area is 105 Å². The zero-order valence-electron chi connectivity index (χ0n) is 9.09. The number of hydrogen-bond donors (Lipinski definition) is 1. The zero-order chi connectivity index (χ0) is 13.3. The van der Waals surface area contributed by atoms with Crippen molar-refractivity contribution >= 4 is 11.3 Å². The molecular weight excluding hydrogens is 266 g/mol. The zero-order valence-corrected chi connectivity index (χ0v) is 9.91. The summed E-state index contributed by atoms with van der Waals surface area (Å²) in [5, 5.41) is 0. The number of hydrogen-bond acceptors (Lipinski definition) is 2. The molecule has 1 aromatic carbocycles. The summed E-state index contributed by atoms with van der Waals surface area (Å²) in [7, 11) is 0. The Morgan fingerprint density at radius 3 is 2.33 bits per heavy atom. The summed E-state index contributed by atoms with van der Waals surface area (Å²) in [5.74, 6) is -1.26. The Balaban J connectivity index is 2.40. The van der Waals surface area contributed by atoms with Gasteiger partial charge in [-0.25, -0.2) is 4.39 Å². The van der Waals surface area contributed by atoms with Crippen LogP contribution in [0.2, 0.25) is 0 Å². The van der Waals surface area contributed by atoms with Crippen molar-refractivity contribution in [1.82, 2.24) is 0 Å². The van der Waals surface area contributed by atoms with Crippen LogP contribution < -0.4 is 5.73 Å². The van der Waals surface area contributed by atoms with Crippen LogP contribution >= 0.6 is 11.3 Å². The highest BCUT2D eigenvalue weighted by atomic mass is 32.1. The lowest BCUT2D eigenvalue weighted by Gasteiger charge is -2.08. The Morgan fingerprint density at radius 1 is 1.11 bits per heavy atom. The molecule has 2 N–H and O–H groups in total. The van der Waals surface area contributed by atoms with Crippen LogP contribution in [0.5, 0.6) is 0 Å². The van der Waals surface area contributed by atoms with E-state index in [1.165, 1.54) is 17.4 Å². The standard InChI is InChI=1S/C12H9F4NS/c13-10-5-7(1-3-9(10)12(14,15)16)11-4-2-8(6-17)18-11/h1-5H,6,17H2. The van der Waals surface area contributed by atoms with Gasteiger partial charge < -0.3 is 5.73 Å². The second-order valence-corrected chi connectivity index (χ2v) is 4.83. The van der Waals surface area contributed by atoms with E-state index in [2.05, 4.69) is 0 Å². The fraction of sp³-hybridized carbons (Fsp3) is 0.167. The van der Waals surface area contributed by atoms with Crippen LogP contribution in [0.3, 0.4) is 0 Å². The normalized spacial score (nSPS) is 11.8. The third-order valence-electron chi connectivity index (χ3n) is 2.42. The summed E-state index contributed by atoms with van der Waals surface area (Å²) in [6.45, 7) is 0.355. The van der Waals surface area contributed by atoms with Gasteiger partial charge in [0.05, 0.1) is 5.56 Å². The van der Waals surface area contributed by atoms with Crippen LogP contribution in [0.4, 0.5) is 17.6 Å². The molecule has 0 aliphatic carbocycles. The average Bonchev–Trinajstić information content (AvgIpc) is 2.75. The van der Waals surface area contributed by atoms with Gasteiger partial charge in [-0.05, 0) is 29.8 Å². The number of thiophene rings is 1. The molecule has 2 aromatic rings. The van der Waals surface area contributed by atoms with Crippen LogP contribution in [0.25, 0.3) is 10.4 Å². The van der Waals surface area contributed by atoms with Crippen molar-refractivity contribution in [2.24, 2.45) is 5.73 Å². The average molecular weight is 275 g/mol. The van der Waals surface area contributed by atoms with E-state index in [1.54, 1.807) is 12.1 Å². The molecule has 96 valence electrons. The molecule has 2 rings (SSSR count). The third kappa shape index (κ3) is 2.54. The molecule has 1 aromatic heterocycles. The molecule has 6 heteroatoms. The molecule has 0 aliphatic rings. The van der Waals surface area contributed by atoms with E-state index in [9.17, 15) is 17.6 Å². The van der Waals surface area contributed by atoms with Crippen LogP contribution in [0.15, 0.2) is 30.3 Å². The van der Waals surface area contributed by atoms with Gasteiger partial charge in [-0.15, -0.1) is 11.3 Å². The Kier molecular flexibility index (Phi) is 3.41. The van der Waals surface area contributed by atoms with Gasteiger partial charge in [0, 0.05) is 16.3 Å². The maximum absolute atomic E-state index is 13.4. The van der Waals surface area contributed by atoms with Crippen LogP contribution in [-0.4, -0.2) is 0 Å². The molecule has 18 heavy (non-hydrogen) atoms. The molecule has 0 bridgehead atoms. The molecule has 0 fully saturated rings.